The molecule has 2 aromatic rings. The zero-order valence-electron chi connectivity index (χ0n) is 15.1. The molecule has 1 aromatic heterocycles. The summed E-state index contributed by atoms with van der Waals surface area (Å²) in [5.41, 5.74) is 1.48. The maximum atomic E-state index is 12.7. The van der Waals surface area contributed by atoms with Crippen LogP contribution in [0.4, 0.5) is 5.82 Å². The molecular formula is C18H23N3O4S. The van der Waals surface area contributed by atoms with E-state index in [1.807, 2.05) is 18.5 Å². The van der Waals surface area contributed by atoms with Gasteiger partial charge in [-0.25, -0.2) is 13.2 Å². The third-order valence-electron chi connectivity index (χ3n) is 4.85. The lowest BCUT2D eigenvalue weighted by Gasteiger charge is -2.12. The Morgan fingerprint density at radius 2 is 2.08 bits per heavy atom. The van der Waals surface area contributed by atoms with Crippen molar-refractivity contribution in [2.75, 3.05) is 4.72 Å². The normalized spacial score (nSPS) is 15.7. The molecule has 0 radical (unpaired) electrons. The predicted molar refractivity (Wildman–Crippen MR) is 98.0 cm³/mol. The number of aryl methyl sites for hydroxylation is 2. The highest BCUT2D eigenvalue weighted by Crippen LogP contribution is 2.39. The van der Waals surface area contributed by atoms with E-state index in [9.17, 15) is 18.3 Å². The van der Waals surface area contributed by atoms with Gasteiger partial charge in [0.25, 0.3) is 10.0 Å². The van der Waals surface area contributed by atoms with Gasteiger partial charge in [0.1, 0.15) is 0 Å². The Labute approximate surface area is 153 Å². The van der Waals surface area contributed by atoms with Gasteiger partial charge < -0.3 is 5.11 Å². The number of carbonyl (C=O) groups is 1. The molecule has 1 aromatic carbocycles. The standard InChI is InChI=1S/C18H23N3O4S/c1-4-13-7-8-15(10-16(13)18(22)23)26(24,25)20-17-9-11(2)21(19-17)12(3)14-5-6-14/h7-10,12,14H,4-6H2,1-3H3,(H,19,20)(H,22,23). The molecule has 140 valence electrons. The fourth-order valence-corrected chi connectivity index (χ4v) is 4.17. The summed E-state index contributed by atoms with van der Waals surface area (Å²) >= 11 is 0. The van der Waals surface area contributed by atoms with Gasteiger partial charge in [0, 0.05) is 11.8 Å². The number of benzene rings is 1. The Hall–Kier alpha value is -2.35. The Kier molecular flexibility index (Phi) is 4.79. The molecule has 0 aliphatic heterocycles. The van der Waals surface area contributed by atoms with E-state index in [2.05, 4.69) is 16.7 Å². The molecule has 1 fully saturated rings. The van der Waals surface area contributed by atoms with E-state index < -0.39 is 16.0 Å². The van der Waals surface area contributed by atoms with Crippen LogP contribution in [0.5, 0.6) is 0 Å². The van der Waals surface area contributed by atoms with Crippen LogP contribution in [0, 0.1) is 12.8 Å². The number of nitrogens with zero attached hydrogens (tertiary/aromatic N) is 2. The van der Waals surface area contributed by atoms with Crippen LogP contribution in [-0.2, 0) is 16.4 Å². The third kappa shape index (κ3) is 3.60. The number of aromatic nitrogens is 2. The topological polar surface area (TPSA) is 101 Å². The minimum absolute atomic E-state index is 0.000518. The molecule has 0 amide bonds. The molecule has 7 nitrogen and oxygen atoms in total. The van der Waals surface area contributed by atoms with E-state index in [-0.39, 0.29) is 22.3 Å². The van der Waals surface area contributed by atoms with E-state index >= 15 is 0 Å². The first-order chi connectivity index (χ1) is 12.2. The molecule has 1 unspecified atom stereocenters. The van der Waals surface area contributed by atoms with Crippen LogP contribution < -0.4 is 4.72 Å². The summed E-state index contributed by atoms with van der Waals surface area (Å²) in [5.74, 6) is -0.304. The molecular weight excluding hydrogens is 354 g/mol. The minimum Gasteiger partial charge on any atom is -0.478 e. The van der Waals surface area contributed by atoms with Crippen LogP contribution in [0.15, 0.2) is 29.2 Å². The van der Waals surface area contributed by atoms with Gasteiger partial charge in [0.15, 0.2) is 5.82 Å². The molecule has 8 heteroatoms. The number of carboxylic acid groups (broad SMARTS) is 1. The largest absolute Gasteiger partial charge is 0.478 e. The quantitative estimate of drug-likeness (QED) is 0.771. The van der Waals surface area contributed by atoms with Crippen molar-refractivity contribution in [3.05, 3.63) is 41.1 Å². The van der Waals surface area contributed by atoms with Crippen molar-refractivity contribution in [1.29, 1.82) is 0 Å². The second-order valence-corrected chi connectivity index (χ2v) is 8.46. The Balaban J connectivity index is 1.88. The number of hydrogen-bond donors (Lipinski definition) is 2. The van der Waals surface area contributed by atoms with Crippen LogP contribution in [0.2, 0.25) is 0 Å². The maximum Gasteiger partial charge on any atom is 0.336 e. The van der Waals surface area contributed by atoms with Gasteiger partial charge in [0.2, 0.25) is 0 Å². The van der Waals surface area contributed by atoms with E-state index in [1.165, 1.54) is 31.0 Å². The molecule has 0 spiro atoms. The van der Waals surface area contributed by atoms with E-state index in [0.29, 0.717) is 17.9 Å². The first kappa shape index (κ1) is 18.4. The molecule has 1 aliphatic rings. The van der Waals surface area contributed by atoms with Gasteiger partial charge in [-0.3, -0.25) is 9.40 Å². The number of carboxylic acids is 1. The van der Waals surface area contributed by atoms with Crippen molar-refractivity contribution >= 4 is 21.8 Å². The van der Waals surface area contributed by atoms with Gasteiger partial charge >= 0.3 is 5.97 Å². The summed E-state index contributed by atoms with van der Waals surface area (Å²) in [6.07, 6.45) is 2.85. The molecule has 0 bridgehead atoms. The van der Waals surface area contributed by atoms with Crippen LogP contribution in [-0.4, -0.2) is 29.3 Å². The van der Waals surface area contributed by atoms with Crippen LogP contribution in [0.1, 0.15) is 54.3 Å². The first-order valence-electron chi connectivity index (χ1n) is 8.68. The average Bonchev–Trinajstić information content (AvgIpc) is 3.37. The van der Waals surface area contributed by atoms with Crippen LogP contribution >= 0.6 is 0 Å². The molecule has 1 heterocycles. The summed E-state index contributed by atoms with van der Waals surface area (Å²) in [6.45, 7) is 5.80. The summed E-state index contributed by atoms with van der Waals surface area (Å²) in [7, 11) is -3.92. The van der Waals surface area contributed by atoms with Crippen molar-refractivity contribution in [1.82, 2.24) is 9.78 Å². The Bertz CT molecular complexity index is 945. The van der Waals surface area contributed by atoms with Crippen LogP contribution in [0.25, 0.3) is 0 Å². The SMILES string of the molecule is CCc1ccc(S(=O)(=O)Nc2cc(C)n(C(C)C3CC3)n2)cc1C(=O)O. The zero-order chi connectivity index (χ0) is 19.1. The third-order valence-corrected chi connectivity index (χ3v) is 6.21. The van der Waals surface area contributed by atoms with Crippen molar-refractivity contribution < 1.29 is 18.3 Å². The monoisotopic (exact) mass is 377 g/mol. The smallest absolute Gasteiger partial charge is 0.336 e. The Morgan fingerprint density at radius 3 is 2.65 bits per heavy atom. The second kappa shape index (κ2) is 6.75. The van der Waals surface area contributed by atoms with E-state index in [4.69, 9.17) is 0 Å². The highest BCUT2D eigenvalue weighted by Gasteiger charge is 2.31. The van der Waals surface area contributed by atoms with E-state index in [1.54, 1.807) is 6.07 Å². The molecule has 1 saturated carbocycles. The van der Waals surface area contributed by atoms with Crippen molar-refractivity contribution in [3.8, 4) is 0 Å². The summed E-state index contributed by atoms with van der Waals surface area (Å²) in [6, 6.07) is 6.08. The lowest BCUT2D eigenvalue weighted by atomic mass is 10.1. The minimum atomic E-state index is -3.92. The lowest BCUT2D eigenvalue weighted by Crippen LogP contribution is -2.16. The predicted octanol–water partition coefficient (Wildman–Crippen LogP) is 3.22. The number of rotatable bonds is 7. The van der Waals surface area contributed by atoms with Crippen molar-refractivity contribution in [2.45, 2.75) is 51.0 Å². The van der Waals surface area contributed by atoms with E-state index in [0.717, 1.165) is 5.69 Å². The second-order valence-electron chi connectivity index (χ2n) is 6.78. The van der Waals surface area contributed by atoms with Crippen molar-refractivity contribution in [3.63, 3.8) is 0 Å². The average molecular weight is 377 g/mol. The Morgan fingerprint density at radius 1 is 1.38 bits per heavy atom. The molecule has 3 rings (SSSR count). The molecule has 2 N–H and O–H groups in total. The molecule has 26 heavy (non-hydrogen) atoms. The number of nitrogens with one attached hydrogen (secondary N) is 1. The summed E-state index contributed by atoms with van der Waals surface area (Å²) in [5, 5.41) is 13.7. The maximum absolute atomic E-state index is 12.7. The van der Waals surface area contributed by atoms with Crippen molar-refractivity contribution in [2.24, 2.45) is 5.92 Å². The molecule has 1 aliphatic carbocycles. The number of aromatic carboxylic acids is 1. The fraction of sp³-hybridized carbons (Fsp3) is 0.444. The van der Waals surface area contributed by atoms with Gasteiger partial charge in [-0.2, -0.15) is 5.10 Å². The summed E-state index contributed by atoms with van der Waals surface area (Å²) < 4.78 is 29.6. The van der Waals surface area contributed by atoms with Gasteiger partial charge in [-0.05, 0) is 56.7 Å². The first-order valence-corrected chi connectivity index (χ1v) is 10.2. The summed E-state index contributed by atoms with van der Waals surface area (Å²) in [4.78, 5) is 11.3. The van der Waals surface area contributed by atoms with Gasteiger partial charge in [-0.1, -0.05) is 13.0 Å². The molecule has 1 atom stereocenters. The lowest BCUT2D eigenvalue weighted by molar-refractivity contribution is 0.0695. The number of anilines is 1. The van der Waals surface area contributed by atoms with Gasteiger partial charge in [-0.15, -0.1) is 0 Å². The number of hydrogen-bond acceptors (Lipinski definition) is 4. The van der Waals surface area contributed by atoms with Gasteiger partial charge in [0.05, 0.1) is 16.5 Å². The highest BCUT2D eigenvalue weighted by atomic mass is 32.2. The van der Waals surface area contributed by atoms with Crippen LogP contribution in [0.3, 0.4) is 0 Å². The zero-order valence-corrected chi connectivity index (χ0v) is 15.9. The number of sulfonamides is 1. The fourth-order valence-electron chi connectivity index (χ4n) is 3.15. The molecule has 0 saturated heterocycles. The highest BCUT2D eigenvalue weighted by molar-refractivity contribution is 7.92.